The Labute approximate surface area is 133 Å². The lowest BCUT2D eigenvalue weighted by Crippen LogP contribution is -2.42. The summed E-state index contributed by atoms with van der Waals surface area (Å²) in [5, 5.41) is 6.63. The molecule has 4 nitrogen and oxygen atoms in total. The number of hydrogen-bond donors (Lipinski definition) is 2. The van der Waals surface area contributed by atoms with Gasteiger partial charge in [0.15, 0.2) is 5.96 Å². The van der Waals surface area contributed by atoms with Crippen molar-refractivity contribution >= 4 is 29.9 Å². The Morgan fingerprint density at radius 3 is 2.79 bits per heavy atom. The summed E-state index contributed by atoms with van der Waals surface area (Å²) in [6, 6.07) is 4.49. The molecule has 5 heteroatoms. The molecule has 1 unspecified atom stereocenters. The van der Waals surface area contributed by atoms with Gasteiger partial charge < -0.3 is 10.6 Å². The van der Waals surface area contributed by atoms with Crippen molar-refractivity contribution in [3.63, 3.8) is 0 Å². The Balaban J connectivity index is 0.00000324. The molecule has 0 saturated heterocycles. The number of nitrogens with one attached hydrogen (secondary N) is 2. The summed E-state index contributed by atoms with van der Waals surface area (Å²) >= 11 is 0. The van der Waals surface area contributed by atoms with E-state index >= 15 is 0 Å². The molecule has 0 amide bonds. The monoisotopic (exact) mass is 376 g/mol. The van der Waals surface area contributed by atoms with Gasteiger partial charge in [0.2, 0.25) is 0 Å². The lowest BCUT2D eigenvalue weighted by atomic mass is 10.2. The molecule has 0 spiro atoms. The van der Waals surface area contributed by atoms with Crippen LogP contribution in [0.1, 0.15) is 32.8 Å². The zero-order chi connectivity index (χ0) is 13.2. The predicted molar refractivity (Wildman–Crippen MR) is 92.2 cm³/mol. The van der Waals surface area contributed by atoms with Crippen LogP contribution in [0.2, 0.25) is 0 Å². The smallest absolute Gasteiger partial charge is 0.191 e. The van der Waals surface area contributed by atoms with Gasteiger partial charge in [0.05, 0.1) is 0 Å². The summed E-state index contributed by atoms with van der Waals surface area (Å²) < 4.78 is 0. The summed E-state index contributed by atoms with van der Waals surface area (Å²) in [7, 11) is 0. The minimum Gasteiger partial charge on any atom is -0.357 e. The summed E-state index contributed by atoms with van der Waals surface area (Å²) in [6.07, 6.45) is 5.70. The molecule has 1 heterocycles. The molecule has 0 aliphatic heterocycles. The minimum atomic E-state index is 0. The van der Waals surface area contributed by atoms with E-state index < -0.39 is 0 Å². The molecule has 0 aliphatic carbocycles. The molecule has 0 bridgehead atoms. The van der Waals surface area contributed by atoms with Crippen LogP contribution in [-0.2, 0) is 6.42 Å². The number of guanidine groups is 1. The lowest BCUT2D eigenvalue weighted by Gasteiger charge is -2.16. The second-order valence-electron chi connectivity index (χ2n) is 4.33. The van der Waals surface area contributed by atoms with E-state index in [0.29, 0.717) is 6.04 Å². The van der Waals surface area contributed by atoms with Gasteiger partial charge >= 0.3 is 0 Å². The van der Waals surface area contributed by atoms with Crippen molar-refractivity contribution in [3.8, 4) is 0 Å². The topological polar surface area (TPSA) is 49.3 Å². The fraction of sp³-hybridized carbons (Fsp3) is 0.571. The maximum absolute atomic E-state index is 4.56. The maximum atomic E-state index is 4.56. The first-order valence-corrected chi connectivity index (χ1v) is 6.70. The van der Waals surface area contributed by atoms with Gasteiger partial charge in [-0.05, 0) is 38.3 Å². The van der Waals surface area contributed by atoms with Crippen LogP contribution in [0.3, 0.4) is 0 Å². The van der Waals surface area contributed by atoms with Gasteiger partial charge in [0, 0.05) is 31.5 Å². The van der Waals surface area contributed by atoms with Crippen LogP contribution in [0.25, 0.3) is 0 Å². The fourth-order valence-electron chi connectivity index (χ4n) is 1.50. The second kappa shape index (κ2) is 11.0. The Bertz CT molecular complexity index is 354. The number of rotatable bonds is 6. The largest absolute Gasteiger partial charge is 0.357 e. The second-order valence-corrected chi connectivity index (χ2v) is 4.33. The van der Waals surface area contributed by atoms with Crippen LogP contribution in [0.4, 0.5) is 0 Å². The van der Waals surface area contributed by atoms with E-state index in [4.69, 9.17) is 0 Å². The van der Waals surface area contributed by atoms with Crippen molar-refractivity contribution in [3.05, 3.63) is 30.1 Å². The third-order valence-electron chi connectivity index (χ3n) is 2.73. The molecule has 1 aromatic heterocycles. The Hall–Kier alpha value is -0.850. The molecular weight excluding hydrogens is 351 g/mol. The fourth-order valence-corrected chi connectivity index (χ4v) is 1.50. The first-order valence-electron chi connectivity index (χ1n) is 6.70. The van der Waals surface area contributed by atoms with Gasteiger partial charge in [-0.15, -0.1) is 24.0 Å². The zero-order valence-corrected chi connectivity index (χ0v) is 14.3. The standard InChI is InChI=1S/C14H24N4.HI/c1-4-12(3)18-14(16-5-2)17-10-8-13-7-6-9-15-11-13;/h6-7,9,11-12H,4-5,8,10H2,1-3H3,(H2,16,17,18);1H. The SMILES string of the molecule is CCNC(=NCCc1cccnc1)NC(C)CC.I. The van der Waals surface area contributed by atoms with E-state index in [2.05, 4.69) is 47.4 Å². The Morgan fingerprint density at radius 2 is 2.21 bits per heavy atom. The summed E-state index contributed by atoms with van der Waals surface area (Å²) in [5.41, 5.74) is 1.22. The quantitative estimate of drug-likeness (QED) is 0.456. The van der Waals surface area contributed by atoms with Gasteiger partial charge in [-0.25, -0.2) is 0 Å². The average Bonchev–Trinajstić information content (AvgIpc) is 2.40. The van der Waals surface area contributed by atoms with E-state index in [1.165, 1.54) is 5.56 Å². The van der Waals surface area contributed by atoms with Gasteiger partial charge in [-0.2, -0.15) is 0 Å². The molecule has 108 valence electrons. The maximum Gasteiger partial charge on any atom is 0.191 e. The van der Waals surface area contributed by atoms with Crippen molar-refractivity contribution in [2.45, 2.75) is 39.7 Å². The number of aliphatic imine (C=N–C) groups is 1. The number of halogens is 1. The molecule has 0 aromatic carbocycles. The predicted octanol–water partition coefficient (Wildman–Crippen LogP) is 2.60. The summed E-state index contributed by atoms with van der Waals surface area (Å²) in [5.74, 6) is 0.899. The minimum absolute atomic E-state index is 0. The van der Waals surface area contributed by atoms with E-state index in [-0.39, 0.29) is 24.0 Å². The van der Waals surface area contributed by atoms with E-state index in [1.807, 2.05) is 12.3 Å². The van der Waals surface area contributed by atoms with Crippen LogP contribution >= 0.6 is 24.0 Å². The van der Waals surface area contributed by atoms with Crippen molar-refractivity contribution in [2.75, 3.05) is 13.1 Å². The first kappa shape index (κ1) is 18.1. The third-order valence-corrected chi connectivity index (χ3v) is 2.73. The highest BCUT2D eigenvalue weighted by molar-refractivity contribution is 14.0. The number of hydrogen-bond acceptors (Lipinski definition) is 2. The molecule has 2 N–H and O–H groups in total. The van der Waals surface area contributed by atoms with E-state index in [0.717, 1.165) is 31.9 Å². The van der Waals surface area contributed by atoms with Crippen LogP contribution in [-0.4, -0.2) is 30.1 Å². The molecule has 1 aromatic rings. The van der Waals surface area contributed by atoms with Crippen LogP contribution in [0, 0.1) is 0 Å². The van der Waals surface area contributed by atoms with E-state index in [1.54, 1.807) is 6.20 Å². The van der Waals surface area contributed by atoms with Crippen molar-refractivity contribution in [2.24, 2.45) is 4.99 Å². The molecule has 0 radical (unpaired) electrons. The molecule has 1 atom stereocenters. The highest BCUT2D eigenvalue weighted by Gasteiger charge is 2.01. The third kappa shape index (κ3) is 8.02. The Kier molecular flexibility index (Phi) is 10.5. The van der Waals surface area contributed by atoms with Gasteiger partial charge in [-0.3, -0.25) is 9.98 Å². The molecule has 0 fully saturated rings. The molecule has 0 aliphatic rings. The summed E-state index contributed by atoms with van der Waals surface area (Å²) in [6.45, 7) is 8.06. The average molecular weight is 376 g/mol. The van der Waals surface area contributed by atoms with Crippen LogP contribution in [0.5, 0.6) is 0 Å². The van der Waals surface area contributed by atoms with Crippen molar-refractivity contribution in [1.29, 1.82) is 0 Å². The van der Waals surface area contributed by atoms with Gasteiger partial charge in [0.25, 0.3) is 0 Å². The Morgan fingerprint density at radius 1 is 1.42 bits per heavy atom. The van der Waals surface area contributed by atoms with Crippen LogP contribution in [0.15, 0.2) is 29.5 Å². The lowest BCUT2D eigenvalue weighted by molar-refractivity contribution is 0.624. The molecule has 1 rings (SSSR count). The van der Waals surface area contributed by atoms with Crippen molar-refractivity contribution in [1.82, 2.24) is 15.6 Å². The molecule has 0 saturated carbocycles. The first-order chi connectivity index (χ1) is 8.76. The van der Waals surface area contributed by atoms with Gasteiger partial charge in [-0.1, -0.05) is 13.0 Å². The zero-order valence-electron chi connectivity index (χ0n) is 12.0. The normalized spacial score (nSPS) is 12.5. The number of aromatic nitrogens is 1. The summed E-state index contributed by atoms with van der Waals surface area (Å²) in [4.78, 5) is 8.66. The molecule has 19 heavy (non-hydrogen) atoms. The number of nitrogens with zero attached hydrogens (tertiary/aromatic N) is 2. The molecular formula is C14H25IN4. The van der Waals surface area contributed by atoms with Crippen molar-refractivity contribution < 1.29 is 0 Å². The highest BCUT2D eigenvalue weighted by Crippen LogP contribution is 1.97. The van der Waals surface area contributed by atoms with Crippen LogP contribution < -0.4 is 10.6 Å². The highest BCUT2D eigenvalue weighted by atomic mass is 127. The van der Waals surface area contributed by atoms with Gasteiger partial charge in [0.1, 0.15) is 0 Å². The number of pyridine rings is 1. The van der Waals surface area contributed by atoms with E-state index in [9.17, 15) is 0 Å².